The fraction of sp³-hybridized carbons (Fsp3) is 0.125. The third-order valence-corrected chi connectivity index (χ3v) is 1.81. The largest absolute Gasteiger partial charge is 0.313 e. The van der Waals surface area contributed by atoms with Gasteiger partial charge in [0.25, 0.3) is 11.7 Å². The van der Waals surface area contributed by atoms with Gasteiger partial charge in [0.2, 0.25) is 5.56 Å². The van der Waals surface area contributed by atoms with Gasteiger partial charge in [-0.2, -0.15) is 5.26 Å². The van der Waals surface area contributed by atoms with Crippen LogP contribution in [-0.4, -0.2) is 10.2 Å². The molecule has 0 aliphatic rings. The van der Waals surface area contributed by atoms with Crippen LogP contribution in [0.3, 0.4) is 0 Å². The summed E-state index contributed by atoms with van der Waals surface area (Å²) in [4.78, 5) is 23.6. The van der Waals surface area contributed by atoms with Gasteiger partial charge in [0.15, 0.2) is 0 Å². The van der Waals surface area contributed by atoms with E-state index in [2.05, 4.69) is 0 Å². The molecule has 0 saturated heterocycles. The third-order valence-electron chi connectivity index (χ3n) is 1.62. The lowest BCUT2D eigenvalue weighted by Crippen LogP contribution is -2.14. The molecule has 0 aromatic carbocycles. The van der Waals surface area contributed by atoms with Crippen molar-refractivity contribution in [2.75, 3.05) is 0 Å². The Balaban J connectivity index is 3.64. The monoisotopic (exact) mass is 232 g/mol. The molecule has 15 heavy (non-hydrogen) atoms. The number of nitrogens with zero attached hydrogens (tertiary/aromatic N) is 1. The number of aromatic amines is 1. The number of H-pyrrole nitrogens is 1. The fourth-order valence-electron chi connectivity index (χ4n) is 1.05. The van der Waals surface area contributed by atoms with Crippen molar-refractivity contribution in [1.29, 1.82) is 5.26 Å². The Morgan fingerprint density at radius 1 is 1.60 bits per heavy atom. The molecule has 78 valence electrons. The maximum absolute atomic E-state index is 12.4. The summed E-state index contributed by atoms with van der Waals surface area (Å²) in [5.41, 5.74) is -2.94. The zero-order valence-corrected chi connectivity index (χ0v) is 7.81. The molecule has 0 radical (unpaired) electrons. The molecule has 4 nitrogen and oxygen atoms in total. The van der Waals surface area contributed by atoms with Gasteiger partial charge in [-0.3, -0.25) is 9.59 Å². The summed E-state index contributed by atoms with van der Waals surface area (Å²) in [5.74, 6) is 0. The SMILES string of the molecule is N#Cc1[nH]c(=O)cc(C(F)F)c1C(=O)Cl. The first-order valence-corrected chi connectivity index (χ1v) is 4.00. The van der Waals surface area contributed by atoms with Gasteiger partial charge in [-0.1, -0.05) is 0 Å². The number of alkyl halides is 2. The molecule has 0 amide bonds. The molecule has 0 bridgehead atoms. The van der Waals surface area contributed by atoms with Crippen molar-refractivity contribution in [3.05, 3.63) is 33.2 Å². The Morgan fingerprint density at radius 2 is 2.20 bits per heavy atom. The zero-order chi connectivity index (χ0) is 11.6. The van der Waals surface area contributed by atoms with Crippen LogP contribution in [0.2, 0.25) is 0 Å². The standard InChI is InChI=1S/C8H3ClF2N2O2/c9-7(15)6-3(8(10)11)1-5(14)13-4(6)2-12/h1,8H,(H,13,14). The van der Waals surface area contributed by atoms with E-state index in [1.54, 1.807) is 0 Å². The topological polar surface area (TPSA) is 73.7 Å². The number of halogens is 3. The van der Waals surface area contributed by atoms with Gasteiger partial charge in [0.05, 0.1) is 5.56 Å². The summed E-state index contributed by atoms with van der Waals surface area (Å²) in [6.45, 7) is 0. The van der Waals surface area contributed by atoms with Crippen molar-refractivity contribution in [1.82, 2.24) is 4.98 Å². The van der Waals surface area contributed by atoms with Crippen molar-refractivity contribution in [2.24, 2.45) is 0 Å². The van der Waals surface area contributed by atoms with Crippen LogP contribution >= 0.6 is 11.6 Å². The van der Waals surface area contributed by atoms with Gasteiger partial charge >= 0.3 is 0 Å². The first-order chi connectivity index (χ1) is 6.97. The molecule has 1 rings (SSSR count). The van der Waals surface area contributed by atoms with Crippen LogP contribution in [0.4, 0.5) is 8.78 Å². The highest BCUT2D eigenvalue weighted by Crippen LogP contribution is 2.24. The number of rotatable bonds is 2. The molecular weight excluding hydrogens is 230 g/mol. The molecule has 0 aliphatic heterocycles. The molecule has 1 heterocycles. The quantitative estimate of drug-likeness (QED) is 0.787. The molecule has 0 aliphatic carbocycles. The number of pyridine rings is 1. The van der Waals surface area contributed by atoms with E-state index in [0.29, 0.717) is 6.07 Å². The number of hydrogen-bond acceptors (Lipinski definition) is 3. The number of carbonyl (C=O) groups excluding carboxylic acids is 1. The van der Waals surface area contributed by atoms with Gasteiger partial charge in [0, 0.05) is 11.6 Å². The summed E-state index contributed by atoms with van der Waals surface area (Å²) in [6, 6.07) is 1.96. The summed E-state index contributed by atoms with van der Waals surface area (Å²) in [5, 5.41) is 7.31. The molecule has 0 spiro atoms. The molecule has 0 saturated carbocycles. The highest BCUT2D eigenvalue weighted by atomic mass is 35.5. The predicted molar refractivity (Wildman–Crippen MR) is 46.9 cm³/mol. The van der Waals surface area contributed by atoms with Gasteiger partial charge in [-0.05, 0) is 11.6 Å². The van der Waals surface area contributed by atoms with Crippen molar-refractivity contribution in [3.63, 3.8) is 0 Å². The number of hydrogen-bond donors (Lipinski definition) is 1. The minimum absolute atomic E-state index is 0.543. The molecule has 0 atom stereocenters. The second kappa shape index (κ2) is 4.19. The van der Waals surface area contributed by atoms with Gasteiger partial charge in [-0.25, -0.2) is 8.78 Å². The summed E-state index contributed by atoms with van der Waals surface area (Å²) in [7, 11) is 0. The lowest BCUT2D eigenvalue weighted by atomic mass is 10.1. The molecule has 1 N–H and O–H groups in total. The summed E-state index contributed by atoms with van der Waals surface area (Å²) < 4.78 is 24.8. The number of nitriles is 1. The van der Waals surface area contributed by atoms with E-state index in [1.165, 1.54) is 6.07 Å². The minimum atomic E-state index is -3.04. The van der Waals surface area contributed by atoms with E-state index in [4.69, 9.17) is 16.9 Å². The average molecular weight is 233 g/mol. The second-order valence-electron chi connectivity index (χ2n) is 2.53. The molecule has 0 fully saturated rings. The van der Waals surface area contributed by atoms with E-state index in [9.17, 15) is 18.4 Å². The molecular formula is C8H3ClF2N2O2. The van der Waals surface area contributed by atoms with Crippen LogP contribution < -0.4 is 5.56 Å². The van der Waals surface area contributed by atoms with Gasteiger partial charge < -0.3 is 4.98 Å². The second-order valence-corrected chi connectivity index (χ2v) is 2.87. The molecule has 1 aromatic heterocycles. The normalized spacial score (nSPS) is 10.1. The number of nitrogens with one attached hydrogen (secondary N) is 1. The van der Waals surface area contributed by atoms with Crippen LogP contribution in [0.5, 0.6) is 0 Å². The lowest BCUT2D eigenvalue weighted by molar-refractivity contribution is 0.106. The first-order valence-electron chi connectivity index (χ1n) is 3.62. The summed E-state index contributed by atoms with van der Waals surface area (Å²) in [6.07, 6.45) is -3.04. The van der Waals surface area contributed by atoms with Crippen molar-refractivity contribution < 1.29 is 13.6 Å². The van der Waals surface area contributed by atoms with Crippen LogP contribution in [0.1, 0.15) is 28.0 Å². The maximum Gasteiger partial charge on any atom is 0.264 e. The van der Waals surface area contributed by atoms with E-state index in [1.807, 2.05) is 4.98 Å². The van der Waals surface area contributed by atoms with Gasteiger partial charge in [0.1, 0.15) is 11.8 Å². The fourth-order valence-corrected chi connectivity index (χ4v) is 1.25. The lowest BCUT2D eigenvalue weighted by Gasteiger charge is -2.05. The van der Waals surface area contributed by atoms with Crippen molar-refractivity contribution in [3.8, 4) is 6.07 Å². The average Bonchev–Trinajstić information content (AvgIpc) is 2.15. The predicted octanol–water partition coefficient (Wildman–Crippen LogP) is 1.56. The Morgan fingerprint density at radius 3 is 2.60 bits per heavy atom. The Kier molecular flexibility index (Phi) is 3.17. The van der Waals surface area contributed by atoms with E-state index in [0.717, 1.165) is 0 Å². The Labute approximate surface area is 87.1 Å². The van der Waals surface area contributed by atoms with E-state index >= 15 is 0 Å². The van der Waals surface area contributed by atoms with Crippen molar-refractivity contribution in [2.45, 2.75) is 6.43 Å². The van der Waals surface area contributed by atoms with Gasteiger partial charge in [-0.15, -0.1) is 0 Å². The first kappa shape index (κ1) is 11.3. The molecule has 0 unspecified atom stereocenters. The van der Waals surface area contributed by atoms with E-state index < -0.39 is 34.0 Å². The third kappa shape index (κ3) is 2.19. The van der Waals surface area contributed by atoms with Crippen molar-refractivity contribution >= 4 is 16.8 Å². The van der Waals surface area contributed by atoms with Crippen LogP contribution in [0.25, 0.3) is 0 Å². The minimum Gasteiger partial charge on any atom is -0.313 e. The number of aromatic nitrogens is 1. The smallest absolute Gasteiger partial charge is 0.264 e. The Bertz CT molecular complexity index is 504. The maximum atomic E-state index is 12.4. The molecule has 7 heteroatoms. The highest BCUT2D eigenvalue weighted by molar-refractivity contribution is 6.68. The summed E-state index contributed by atoms with van der Waals surface area (Å²) >= 11 is 5.04. The highest BCUT2D eigenvalue weighted by Gasteiger charge is 2.22. The zero-order valence-electron chi connectivity index (χ0n) is 7.05. The number of carbonyl (C=O) groups is 1. The van der Waals surface area contributed by atoms with Crippen LogP contribution in [-0.2, 0) is 0 Å². The van der Waals surface area contributed by atoms with Crippen LogP contribution in [0, 0.1) is 11.3 Å². The van der Waals surface area contributed by atoms with E-state index in [-0.39, 0.29) is 0 Å². The molecule has 1 aromatic rings. The Hall–Kier alpha value is -1.74. The van der Waals surface area contributed by atoms with Crippen LogP contribution in [0.15, 0.2) is 10.9 Å².